The van der Waals surface area contributed by atoms with Crippen LogP contribution >= 0.6 is 0 Å². The number of para-hydroxylation sites is 1. The number of hydrogen-bond acceptors (Lipinski definition) is 2. The van der Waals surface area contributed by atoms with Crippen molar-refractivity contribution in [2.75, 3.05) is 19.7 Å². The Hall–Kier alpha value is -1.71. The second kappa shape index (κ2) is 7.78. The van der Waals surface area contributed by atoms with E-state index in [9.17, 15) is 0 Å². The third-order valence-corrected chi connectivity index (χ3v) is 3.19. The minimum atomic E-state index is 0.635. The zero-order valence-electron chi connectivity index (χ0n) is 12.5. The lowest BCUT2D eigenvalue weighted by atomic mass is 10.2. The summed E-state index contributed by atoms with van der Waals surface area (Å²) in [5, 5.41) is 6.68. The van der Waals surface area contributed by atoms with Crippen LogP contribution in [0.15, 0.2) is 29.3 Å². The predicted molar refractivity (Wildman–Crippen MR) is 83.4 cm³/mol. The molecule has 110 valence electrons. The van der Waals surface area contributed by atoms with Gasteiger partial charge in [-0.15, -0.1) is 0 Å². The van der Waals surface area contributed by atoms with Crippen LogP contribution in [0.1, 0.15) is 31.7 Å². The number of benzene rings is 1. The average molecular weight is 275 g/mol. The largest absolute Gasteiger partial charge is 0.493 e. The fourth-order valence-corrected chi connectivity index (χ4v) is 1.90. The number of aryl methyl sites for hydroxylation is 1. The van der Waals surface area contributed by atoms with E-state index in [4.69, 9.17) is 4.74 Å². The van der Waals surface area contributed by atoms with Crippen LogP contribution in [0.5, 0.6) is 5.75 Å². The monoisotopic (exact) mass is 275 g/mol. The number of guanidine groups is 1. The smallest absolute Gasteiger partial charge is 0.191 e. The molecule has 1 aliphatic carbocycles. The Kier molecular flexibility index (Phi) is 5.71. The summed E-state index contributed by atoms with van der Waals surface area (Å²) < 4.78 is 5.76. The van der Waals surface area contributed by atoms with Gasteiger partial charge < -0.3 is 15.4 Å². The first kappa shape index (κ1) is 14.7. The Bertz CT molecular complexity index is 441. The van der Waals surface area contributed by atoms with Crippen LogP contribution in [0, 0.1) is 6.92 Å². The molecule has 0 aromatic heterocycles. The van der Waals surface area contributed by atoms with Crippen LogP contribution in [-0.2, 0) is 0 Å². The topological polar surface area (TPSA) is 45.7 Å². The van der Waals surface area contributed by atoms with Gasteiger partial charge in [0.2, 0.25) is 0 Å². The molecule has 0 saturated heterocycles. The fourth-order valence-electron chi connectivity index (χ4n) is 1.90. The van der Waals surface area contributed by atoms with Gasteiger partial charge in [0, 0.05) is 25.6 Å². The van der Waals surface area contributed by atoms with Crippen molar-refractivity contribution >= 4 is 5.96 Å². The second-order valence-corrected chi connectivity index (χ2v) is 5.15. The zero-order valence-corrected chi connectivity index (χ0v) is 12.5. The Morgan fingerprint density at radius 1 is 1.35 bits per heavy atom. The SMILES string of the molecule is CCNC(=NCCCOc1ccccc1C)NC1CC1. The van der Waals surface area contributed by atoms with Gasteiger partial charge >= 0.3 is 0 Å². The minimum Gasteiger partial charge on any atom is -0.493 e. The molecule has 2 rings (SSSR count). The second-order valence-electron chi connectivity index (χ2n) is 5.15. The molecule has 4 nitrogen and oxygen atoms in total. The minimum absolute atomic E-state index is 0.635. The summed E-state index contributed by atoms with van der Waals surface area (Å²) in [4.78, 5) is 4.56. The van der Waals surface area contributed by atoms with Crippen LogP contribution in [0.2, 0.25) is 0 Å². The maximum Gasteiger partial charge on any atom is 0.191 e. The molecule has 0 radical (unpaired) electrons. The van der Waals surface area contributed by atoms with E-state index in [1.54, 1.807) is 0 Å². The van der Waals surface area contributed by atoms with Gasteiger partial charge in [0.05, 0.1) is 6.61 Å². The molecule has 0 aliphatic heterocycles. The van der Waals surface area contributed by atoms with Crippen molar-refractivity contribution in [2.45, 2.75) is 39.2 Å². The summed E-state index contributed by atoms with van der Waals surface area (Å²) in [6.45, 7) is 6.55. The molecule has 0 amide bonds. The van der Waals surface area contributed by atoms with Crippen molar-refractivity contribution in [3.63, 3.8) is 0 Å². The molecule has 1 aromatic rings. The van der Waals surface area contributed by atoms with Gasteiger partial charge in [-0.2, -0.15) is 0 Å². The number of rotatable bonds is 7. The van der Waals surface area contributed by atoms with Gasteiger partial charge in [-0.05, 0) is 38.3 Å². The van der Waals surface area contributed by atoms with E-state index in [1.807, 2.05) is 18.2 Å². The van der Waals surface area contributed by atoms with Crippen LogP contribution in [0.4, 0.5) is 0 Å². The molecule has 0 spiro atoms. The number of hydrogen-bond donors (Lipinski definition) is 2. The highest BCUT2D eigenvalue weighted by atomic mass is 16.5. The molecule has 0 heterocycles. The quantitative estimate of drug-likeness (QED) is 0.456. The van der Waals surface area contributed by atoms with E-state index in [0.717, 1.165) is 31.2 Å². The Morgan fingerprint density at radius 2 is 2.15 bits per heavy atom. The van der Waals surface area contributed by atoms with Gasteiger partial charge in [-0.25, -0.2) is 0 Å². The van der Waals surface area contributed by atoms with Crippen molar-refractivity contribution < 1.29 is 4.74 Å². The van der Waals surface area contributed by atoms with Crippen molar-refractivity contribution in [2.24, 2.45) is 4.99 Å². The van der Waals surface area contributed by atoms with Crippen LogP contribution in [0.25, 0.3) is 0 Å². The molecule has 0 bridgehead atoms. The third kappa shape index (κ3) is 5.11. The first-order valence-electron chi connectivity index (χ1n) is 7.53. The lowest BCUT2D eigenvalue weighted by molar-refractivity contribution is 0.311. The standard InChI is InChI=1S/C16H25N3O/c1-3-17-16(19-14-9-10-14)18-11-6-12-20-15-8-5-4-7-13(15)2/h4-5,7-8,14H,3,6,9-12H2,1-2H3,(H2,17,18,19). The first-order chi connectivity index (χ1) is 9.79. The summed E-state index contributed by atoms with van der Waals surface area (Å²) in [5.74, 6) is 1.91. The third-order valence-electron chi connectivity index (χ3n) is 3.19. The van der Waals surface area contributed by atoms with E-state index in [2.05, 4.69) is 35.5 Å². The van der Waals surface area contributed by atoms with Crippen molar-refractivity contribution in [3.05, 3.63) is 29.8 Å². The summed E-state index contributed by atoms with van der Waals surface area (Å²) in [6, 6.07) is 8.74. The number of nitrogens with one attached hydrogen (secondary N) is 2. The van der Waals surface area contributed by atoms with E-state index < -0.39 is 0 Å². The van der Waals surface area contributed by atoms with E-state index >= 15 is 0 Å². The summed E-state index contributed by atoms with van der Waals surface area (Å²) in [6.07, 6.45) is 3.46. The maximum atomic E-state index is 5.76. The summed E-state index contributed by atoms with van der Waals surface area (Å²) >= 11 is 0. The van der Waals surface area contributed by atoms with Crippen LogP contribution < -0.4 is 15.4 Å². The highest BCUT2D eigenvalue weighted by molar-refractivity contribution is 5.80. The summed E-state index contributed by atoms with van der Waals surface area (Å²) in [5.41, 5.74) is 1.18. The molecule has 1 aliphatic rings. The average Bonchev–Trinajstić information content (AvgIpc) is 3.24. The molecular formula is C16H25N3O. The molecule has 20 heavy (non-hydrogen) atoms. The molecule has 1 saturated carbocycles. The van der Waals surface area contributed by atoms with Crippen LogP contribution in [0.3, 0.4) is 0 Å². The van der Waals surface area contributed by atoms with E-state index in [0.29, 0.717) is 12.6 Å². The van der Waals surface area contributed by atoms with Crippen LogP contribution in [-0.4, -0.2) is 31.7 Å². The van der Waals surface area contributed by atoms with Gasteiger partial charge in [0.1, 0.15) is 5.75 Å². The van der Waals surface area contributed by atoms with Gasteiger partial charge in [-0.3, -0.25) is 4.99 Å². The molecule has 4 heteroatoms. The highest BCUT2D eigenvalue weighted by Crippen LogP contribution is 2.18. The zero-order chi connectivity index (χ0) is 14.2. The number of aliphatic imine (C=N–C) groups is 1. The van der Waals surface area contributed by atoms with Crippen molar-refractivity contribution in [1.82, 2.24) is 10.6 Å². The maximum absolute atomic E-state index is 5.76. The first-order valence-corrected chi connectivity index (χ1v) is 7.53. The summed E-state index contributed by atoms with van der Waals surface area (Å²) in [7, 11) is 0. The lowest BCUT2D eigenvalue weighted by Crippen LogP contribution is -2.38. The molecule has 0 atom stereocenters. The number of ether oxygens (including phenoxy) is 1. The van der Waals surface area contributed by atoms with Crippen molar-refractivity contribution in [3.8, 4) is 5.75 Å². The lowest BCUT2D eigenvalue weighted by Gasteiger charge is -2.10. The fraction of sp³-hybridized carbons (Fsp3) is 0.562. The number of nitrogens with zero attached hydrogens (tertiary/aromatic N) is 1. The Labute approximate surface area is 121 Å². The van der Waals surface area contributed by atoms with Gasteiger partial charge in [-0.1, -0.05) is 18.2 Å². The van der Waals surface area contributed by atoms with Gasteiger partial charge in [0.25, 0.3) is 0 Å². The molecule has 0 unspecified atom stereocenters. The van der Waals surface area contributed by atoms with Crippen molar-refractivity contribution in [1.29, 1.82) is 0 Å². The molecule has 1 aromatic carbocycles. The highest BCUT2D eigenvalue weighted by Gasteiger charge is 2.21. The normalized spacial score (nSPS) is 15.0. The Balaban J connectivity index is 1.67. The van der Waals surface area contributed by atoms with E-state index in [-0.39, 0.29) is 0 Å². The Morgan fingerprint density at radius 3 is 2.85 bits per heavy atom. The molecule has 2 N–H and O–H groups in total. The molecule has 1 fully saturated rings. The van der Waals surface area contributed by atoms with Gasteiger partial charge in [0.15, 0.2) is 5.96 Å². The van der Waals surface area contributed by atoms with E-state index in [1.165, 1.54) is 18.4 Å². The molecular weight excluding hydrogens is 250 g/mol. The predicted octanol–water partition coefficient (Wildman–Crippen LogP) is 2.48.